The van der Waals surface area contributed by atoms with Crippen LogP contribution in [0.4, 0.5) is 0 Å². The molecule has 0 spiro atoms. The number of phenolic OH excluding ortho intramolecular Hbond substituents is 2. The number of ether oxygens (including phenoxy) is 1. The molecule has 5 unspecified atom stereocenters. The van der Waals surface area contributed by atoms with Gasteiger partial charge in [0.15, 0.2) is 17.3 Å². The van der Waals surface area contributed by atoms with Crippen LogP contribution in [-0.4, -0.2) is 45.3 Å². The van der Waals surface area contributed by atoms with Crippen LogP contribution in [0.5, 0.6) is 17.2 Å². The Kier molecular flexibility index (Phi) is 16.6. The SMILES string of the molecule is CC(O)CC(CCc1ccccc1)CCC12C=CC(=O)CCc3ccc(O)c(c3)OCCc3ccc(O)c(c3)C3CC([O-])=C4C=CN=C4CC#Cc4cc(C(N)N)c(cc43)CSSCC(CC1)C2. The van der Waals surface area contributed by atoms with Crippen molar-refractivity contribution in [2.45, 2.75) is 114 Å². The summed E-state index contributed by atoms with van der Waals surface area (Å²) in [6.45, 7) is 2.12. The number of phenols is 2. The summed E-state index contributed by atoms with van der Waals surface area (Å²) in [6.07, 6.45) is 15.7. The molecule has 8 bridgehead atoms. The van der Waals surface area contributed by atoms with Crippen LogP contribution in [-0.2, 0) is 29.8 Å². The van der Waals surface area contributed by atoms with Crippen LogP contribution in [0.25, 0.3) is 0 Å². The minimum atomic E-state index is -0.760. The number of fused-ring (bicyclic) bond motifs is 9. The number of aliphatic hydroxyl groups is 1. The van der Waals surface area contributed by atoms with Crippen LogP contribution in [0, 0.1) is 29.1 Å². The van der Waals surface area contributed by atoms with Crippen molar-refractivity contribution in [1.82, 2.24) is 0 Å². The van der Waals surface area contributed by atoms with Crippen LogP contribution in [0.2, 0.25) is 0 Å². The lowest BCUT2D eigenvalue weighted by molar-refractivity contribution is -0.307. The van der Waals surface area contributed by atoms with Gasteiger partial charge in [0.05, 0.1) is 31.0 Å². The van der Waals surface area contributed by atoms with Gasteiger partial charge in [0.2, 0.25) is 0 Å². The molecule has 9 nitrogen and oxygen atoms in total. The Balaban J connectivity index is 1.11. The van der Waals surface area contributed by atoms with E-state index in [1.165, 1.54) is 5.56 Å². The first-order valence-corrected chi connectivity index (χ1v) is 26.7. The minimum absolute atomic E-state index is 0.0157. The van der Waals surface area contributed by atoms with Gasteiger partial charge in [-0.25, -0.2) is 0 Å². The Morgan fingerprint density at radius 1 is 0.941 bits per heavy atom. The molecule has 2 aliphatic carbocycles. The molecule has 1 fully saturated rings. The van der Waals surface area contributed by atoms with Gasteiger partial charge in [-0.3, -0.25) is 9.79 Å². The maximum atomic E-state index is 14.2. The van der Waals surface area contributed by atoms with Crippen LogP contribution < -0.4 is 21.3 Å². The van der Waals surface area contributed by atoms with E-state index >= 15 is 0 Å². The number of aliphatic imine (C=N–C) groups is 1. The Morgan fingerprint density at radius 3 is 2.56 bits per heavy atom. The molecule has 68 heavy (non-hydrogen) atoms. The van der Waals surface area contributed by atoms with E-state index in [-0.39, 0.29) is 47.6 Å². The molecule has 4 aromatic rings. The van der Waals surface area contributed by atoms with Gasteiger partial charge in [0, 0.05) is 47.6 Å². The van der Waals surface area contributed by atoms with Crippen molar-refractivity contribution in [3.05, 3.63) is 159 Å². The molecule has 0 radical (unpaired) electrons. The zero-order chi connectivity index (χ0) is 47.6. The summed E-state index contributed by atoms with van der Waals surface area (Å²) in [7, 11) is 3.61. The van der Waals surface area contributed by atoms with E-state index in [1.807, 2.05) is 60.2 Å². The van der Waals surface area contributed by atoms with Gasteiger partial charge in [-0.1, -0.05) is 94.1 Å². The average Bonchev–Trinajstić information content (AvgIpc) is 3.98. The predicted molar refractivity (Wildman–Crippen MR) is 274 cm³/mol. The highest BCUT2D eigenvalue weighted by molar-refractivity contribution is 8.76. The molecule has 2 heterocycles. The van der Waals surface area contributed by atoms with Crippen LogP contribution in [0.1, 0.15) is 128 Å². The molecule has 356 valence electrons. The Labute approximate surface area is 409 Å². The Morgan fingerprint density at radius 2 is 1.75 bits per heavy atom. The molecular weight excluding hydrogens is 887 g/mol. The number of ketones is 1. The number of nitrogens with two attached hydrogens (primary N) is 2. The molecule has 2 aliphatic heterocycles. The molecular formula is C57H64N3O6S2-. The van der Waals surface area contributed by atoms with Crippen LogP contribution >= 0.6 is 21.6 Å². The number of hydrogen-bond acceptors (Lipinski definition) is 11. The molecule has 8 rings (SSSR count). The van der Waals surface area contributed by atoms with Gasteiger partial charge < -0.3 is 36.6 Å². The van der Waals surface area contributed by atoms with E-state index in [0.29, 0.717) is 71.4 Å². The van der Waals surface area contributed by atoms with E-state index < -0.39 is 12.1 Å². The standard InChI is InChI=1S/C57H65N3O6S2/c1-37(61)28-40(11-10-38-6-3-2-4-7-38)18-23-57-24-19-42(34-57)35-67-68-36-44-32-47-43(31-48(44)56(58)59)8-5-9-51-46(21-26-60-51)54(65)33-49(47)50-29-41(13-16-52(50)63)22-27-66-55-30-39(14-17-53(55)64)12-15-45(62)20-25-57/h2-4,6-7,13-14,16-17,20-21,25-26,29-32,37,40,42,49,56,61,63-65H,9-12,15,18-19,22-24,27-28,33-36,58-59H2,1H3/p-1. The van der Waals surface area contributed by atoms with Crippen molar-refractivity contribution in [1.29, 1.82) is 0 Å². The molecule has 5 atom stereocenters. The molecule has 4 aliphatic rings. The van der Waals surface area contributed by atoms with Gasteiger partial charge in [0.25, 0.3) is 0 Å². The maximum absolute atomic E-state index is 14.2. The monoisotopic (exact) mass is 950 g/mol. The summed E-state index contributed by atoms with van der Waals surface area (Å²) in [4.78, 5) is 18.1. The number of benzene rings is 4. The van der Waals surface area contributed by atoms with Gasteiger partial charge >= 0.3 is 0 Å². The topological polar surface area (TPSA) is 174 Å². The molecule has 0 amide bonds. The zero-order valence-electron chi connectivity index (χ0n) is 39.0. The van der Waals surface area contributed by atoms with Crippen molar-refractivity contribution in [3.63, 3.8) is 0 Å². The van der Waals surface area contributed by atoms with Crippen molar-refractivity contribution in [3.8, 4) is 29.1 Å². The smallest absolute Gasteiger partial charge is 0.161 e. The maximum Gasteiger partial charge on any atom is 0.161 e. The summed E-state index contributed by atoms with van der Waals surface area (Å²) < 4.78 is 6.17. The first-order valence-electron chi connectivity index (χ1n) is 24.2. The quantitative estimate of drug-likeness (QED) is 0.0617. The van der Waals surface area contributed by atoms with E-state index in [2.05, 4.69) is 53.2 Å². The van der Waals surface area contributed by atoms with Gasteiger partial charge in [0.1, 0.15) is 5.75 Å². The zero-order valence-corrected chi connectivity index (χ0v) is 40.6. The molecule has 7 N–H and O–H groups in total. The largest absolute Gasteiger partial charge is 0.875 e. The number of carbonyl (C=O) groups excluding carboxylic acids is 1. The third kappa shape index (κ3) is 12.7. The average molecular weight is 951 g/mol. The summed E-state index contributed by atoms with van der Waals surface area (Å²) in [5.74, 6) is 8.89. The number of rotatable bonds is 9. The van der Waals surface area contributed by atoms with Gasteiger partial charge in [-0.2, -0.15) is 0 Å². The van der Waals surface area contributed by atoms with Gasteiger partial charge in [-0.15, -0.1) is 5.76 Å². The van der Waals surface area contributed by atoms with E-state index in [0.717, 1.165) is 84.9 Å². The molecule has 11 heteroatoms. The number of carbonyl (C=O) groups is 1. The van der Waals surface area contributed by atoms with Crippen LogP contribution in [0.15, 0.2) is 120 Å². The number of aryl methyl sites for hydroxylation is 2. The second kappa shape index (κ2) is 22.9. The number of nitrogens with zero attached hydrogens (tertiary/aromatic N) is 1. The fraction of sp³-hybridized carbons (Fsp3) is 0.404. The van der Waals surface area contributed by atoms with E-state index in [9.17, 15) is 25.2 Å². The number of hydrogen-bond donors (Lipinski definition) is 5. The van der Waals surface area contributed by atoms with Crippen molar-refractivity contribution in [2.75, 3.05) is 12.4 Å². The first kappa shape index (κ1) is 49.2. The molecule has 0 saturated heterocycles. The van der Waals surface area contributed by atoms with E-state index in [4.69, 9.17) is 16.2 Å². The highest BCUT2D eigenvalue weighted by atomic mass is 33.1. The Bertz CT molecular complexity index is 2630. The van der Waals surface area contributed by atoms with Crippen molar-refractivity contribution in [2.24, 2.45) is 33.7 Å². The third-order valence-electron chi connectivity index (χ3n) is 14.2. The highest BCUT2D eigenvalue weighted by Gasteiger charge is 2.37. The lowest BCUT2D eigenvalue weighted by atomic mass is 9.76. The summed E-state index contributed by atoms with van der Waals surface area (Å²) >= 11 is 0. The first-order chi connectivity index (χ1) is 32.9. The summed E-state index contributed by atoms with van der Waals surface area (Å²) in [5, 5.41) is 47.1. The lowest BCUT2D eigenvalue weighted by Crippen LogP contribution is -2.23. The third-order valence-corrected chi connectivity index (χ3v) is 16.6. The fourth-order valence-corrected chi connectivity index (χ4v) is 13.0. The Hall–Kier alpha value is -5.22. The number of aromatic hydroxyl groups is 2. The van der Waals surface area contributed by atoms with E-state index in [1.54, 1.807) is 35.2 Å². The molecule has 0 aromatic heterocycles. The molecule has 4 aromatic carbocycles. The second-order valence-electron chi connectivity index (χ2n) is 19.3. The predicted octanol–water partition coefficient (Wildman–Crippen LogP) is 10.0. The van der Waals surface area contributed by atoms with Crippen LogP contribution in [0.3, 0.4) is 0 Å². The fourth-order valence-electron chi connectivity index (χ4n) is 10.4. The number of aliphatic hydroxyl groups excluding tert-OH is 1. The molecule has 1 saturated carbocycles. The normalized spacial score (nSPS) is 22.0. The van der Waals surface area contributed by atoms with Gasteiger partial charge in [-0.05, 0) is 164 Å². The number of allylic oxidation sites excluding steroid dienone is 5. The van der Waals surface area contributed by atoms with Crippen molar-refractivity contribution >= 4 is 33.1 Å². The highest BCUT2D eigenvalue weighted by Crippen LogP contribution is 2.50. The summed E-state index contributed by atoms with van der Waals surface area (Å²) in [6, 6.07) is 25.3. The summed E-state index contributed by atoms with van der Waals surface area (Å²) in [5.41, 5.74) is 21.0. The second-order valence-corrected chi connectivity index (χ2v) is 21.8. The lowest BCUT2D eigenvalue weighted by Gasteiger charge is -2.29. The minimum Gasteiger partial charge on any atom is -0.875 e. The van der Waals surface area contributed by atoms with Crippen molar-refractivity contribution < 1.29 is 30.0 Å².